The summed E-state index contributed by atoms with van der Waals surface area (Å²) in [7, 11) is 3.17. The molecule has 156 valence electrons. The highest BCUT2D eigenvalue weighted by molar-refractivity contribution is 5.96. The summed E-state index contributed by atoms with van der Waals surface area (Å²) < 4.78 is 16.2. The van der Waals surface area contributed by atoms with Crippen molar-refractivity contribution in [1.29, 1.82) is 0 Å². The zero-order valence-electron chi connectivity index (χ0n) is 17.6. The fourth-order valence-electron chi connectivity index (χ4n) is 3.61. The van der Waals surface area contributed by atoms with Gasteiger partial charge >= 0.3 is 0 Å². The lowest BCUT2D eigenvalue weighted by Gasteiger charge is -2.18. The first-order valence-electron chi connectivity index (χ1n) is 9.96. The molecule has 0 radical (unpaired) electrons. The second-order valence-corrected chi connectivity index (χ2v) is 7.71. The van der Waals surface area contributed by atoms with Crippen LogP contribution in [-0.4, -0.2) is 36.8 Å². The molecule has 2 aromatic carbocycles. The number of hydrogen-bond acceptors (Lipinski definition) is 6. The molecule has 1 fully saturated rings. The number of benzene rings is 2. The second-order valence-electron chi connectivity index (χ2n) is 7.71. The van der Waals surface area contributed by atoms with Crippen molar-refractivity contribution < 1.29 is 18.8 Å². The average molecular weight is 407 g/mol. The van der Waals surface area contributed by atoms with E-state index in [1.165, 1.54) is 5.56 Å². The molecule has 30 heavy (non-hydrogen) atoms. The van der Waals surface area contributed by atoms with Gasteiger partial charge in [-0.25, -0.2) is 0 Å². The smallest absolute Gasteiger partial charge is 0.232 e. The monoisotopic (exact) mass is 407 g/mol. The highest BCUT2D eigenvalue weighted by Gasteiger charge is 2.35. The number of nitrogens with zero attached hydrogens (tertiary/aromatic N) is 3. The van der Waals surface area contributed by atoms with Crippen LogP contribution >= 0.6 is 0 Å². The summed E-state index contributed by atoms with van der Waals surface area (Å²) in [6.45, 7) is 4.77. The van der Waals surface area contributed by atoms with Gasteiger partial charge in [0.25, 0.3) is 0 Å². The van der Waals surface area contributed by atoms with E-state index in [-0.39, 0.29) is 11.8 Å². The van der Waals surface area contributed by atoms with Crippen molar-refractivity contribution in [2.24, 2.45) is 0 Å². The van der Waals surface area contributed by atoms with E-state index in [1.807, 2.05) is 24.3 Å². The van der Waals surface area contributed by atoms with Gasteiger partial charge in [-0.2, -0.15) is 4.98 Å². The Kier molecular flexibility index (Phi) is 5.44. The zero-order chi connectivity index (χ0) is 21.3. The van der Waals surface area contributed by atoms with Crippen molar-refractivity contribution in [1.82, 2.24) is 10.1 Å². The van der Waals surface area contributed by atoms with Crippen LogP contribution in [0.2, 0.25) is 0 Å². The molecular formula is C23H25N3O4. The fourth-order valence-corrected chi connectivity index (χ4v) is 3.61. The number of anilines is 1. The van der Waals surface area contributed by atoms with Gasteiger partial charge in [-0.3, -0.25) is 4.79 Å². The van der Waals surface area contributed by atoms with Gasteiger partial charge in [0.2, 0.25) is 17.6 Å². The molecule has 0 saturated carbocycles. The lowest BCUT2D eigenvalue weighted by molar-refractivity contribution is -0.117. The van der Waals surface area contributed by atoms with Crippen LogP contribution in [0.5, 0.6) is 11.5 Å². The van der Waals surface area contributed by atoms with Gasteiger partial charge in [0.05, 0.1) is 25.8 Å². The number of amides is 1. The molecule has 7 nitrogen and oxygen atoms in total. The number of rotatable bonds is 6. The molecule has 1 aromatic heterocycles. The number of carbonyl (C=O) groups excluding carboxylic acids is 1. The summed E-state index contributed by atoms with van der Waals surface area (Å²) in [4.78, 5) is 19.0. The van der Waals surface area contributed by atoms with E-state index in [4.69, 9.17) is 14.0 Å². The van der Waals surface area contributed by atoms with E-state index in [2.05, 4.69) is 36.1 Å². The van der Waals surface area contributed by atoms with Crippen LogP contribution in [0.15, 0.2) is 47.0 Å². The van der Waals surface area contributed by atoms with Gasteiger partial charge in [0, 0.05) is 36.7 Å². The van der Waals surface area contributed by atoms with E-state index in [1.54, 1.807) is 25.2 Å². The summed E-state index contributed by atoms with van der Waals surface area (Å²) >= 11 is 0. The molecule has 0 aliphatic carbocycles. The highest BCUT2D eigenvalue weighted by Crippen LogP contribution is 2.35. The van der Waals surface area contributed by atoms with Crippen molar-refractivity contribution in [3.8, 4) is 22.9 Å². The molecular weight excluding hydrogens is 382 g/mol. The van der Waals surface area contributed by atoms with E-state index < -0.39 is 0 Å². The standard InChI is InChI=1S/C23H25N3O4/c1-14(2)15-5-7-16(8-6-15)22-24-23(30-25-22)17-9-21(27)26(13-17)18-10-19(28-3)12-20(11-18)29-4/h5-8,10-12,14,17H,9,13H2,1-4H3. The van der Waals surface area contributed by atoms with E-state index in [0.717, 1.165) is 11.3 Å². The van der Waals surface area contributed by atoms with Gasteiger partial charge in [-0.15, -0.1) is 0 Å². The SMILES string of the molecule is COc1cc(OC)cc(N2CC(c3nc(-c4ccc(C(C)C)cc4)no3)CC2=O)c1. The predicted octanol–water partition coefficient (Wildman–Crippen LogP) is 4.40. The summed E-state index contributed by atoms with van der Waals surface area (Å²) in [5, 5.41) is 4.13. The molecule has 2 heterocycles. The molecule has 1 aliphatic heterocycles. The number of carbonyl (C=O) groups is 1. The Morgan fingerprint density at radius 2 is 1.73 bits per heavy atom. The Hall–Kier alpha value is -3.35. The predicted molar refractivity (Wildman–Crippen MR) is 113 cm³/mol. The molecule has 7 heteroatoms. The number of hydrogen-bond donors (Lipinski definition) is 0. The van der Waals surface area contributed by atoms with Gasteiger partial charge in [0.1, 0.15) is 11.5 Å². The van der Waals surface area contributed by atoms with E-state index in [9.17, 15) is 4.79 Å². The third-order valence-corrected chi connectivity index (χ3v) is 5.40. The number of ether oxygens (including phenoxy) is 2. The minimum absolute atomic E-state index is 0.00339. The molecule has 1 amide bonds. The Labute approximate surface area is 175 Å². The Bertz CT molecular complexity index is 1020. The third kappa shape index (κ3) is 3.87. The number of aromatic nitrogens is 2. The third-order valence-electron chi connectivity index (χ3n) is 5.40. The summed E-state index contributed by atoms with van der Waals surface area (Å²) in [5.74, 6) is 2.57. The van der Waals surface area contributed by atoms with Crippen molar-refractivity contribution in [3.63, 3.8) is 0 Å². The van der Waals surface area contributed by atoms with Crippen LogP contribution in [0.4, 0.5) is 5.69 Å². The second kappa shape index (κ2) is 8.18. The minimum Gasteiger partial charge on any atom is -0.497 e. The van der Waals surface area contributed by atoms with Crippen molar-refractivity contribution in [3.05, 3.63) is 53.9 Å². The Morgan fingerprint density at radius 1 is 1.07 bits per heavy atom. The molecule has 3 aromatic rings. The van der Waals surface area contributed by atoms with Gasteiger partial charge in [-0.1, -0.05) is 43.3 Å². The van der Waals surface area contributed by atoms with Crippen LogP contribution in [0.3, 0.4) is 0 Å². The Morgan fingerprint density at radius 3 is 2.33 bits per heavy atom. The van der Waals surface area contributed by atoms with Crippen LogP contribution in [0, 0.1) is 0 Å². The first-order chi connectivity index (χ1) is 14.5. The minimum atomic E-state index is -0.161. The molecule has 1 aliphatic rings. The van der Waals surface area contributed by atoms with Gasteiger partial charge in [0.15, 0.2) is 0 Å². The van der Waals surface area contributed by atoms with Crippen LogP contribution in [0.25, 0.3) is 11.4 Å². The average Bonchev–Trinajstić information content (AvgIpc) is 3.40. The molecule has 1 saturated heterocycles. The maximum Gasteiger partial charge on any atom is 0.232 e. The van der Waals surface area contributed by atoms with E-state index >= 15 is 0 Å². The normalized spacial score (nSPS) is 16.4. The van der Waals surface area contributed by atoms with Crippen LogP contribution in [-0.2, 0) is 4.79 Å². The topological polar surface area (TPSA) is 77.7 Å². The van der Waals surface area contributed by atoms with Crippen LogP contribution in [0.1, 0.15) is 43.6 Å². The van der Waals surface area contributed by atoms with Gasteiger partial charge in [-0.05, 0) is 11.5 Å². The Balaban J connectivity index is 1.54. The fraction of sp³-hybridized carbons (Fsp3) is 0.348. The molecule has 1 atom stereocenters. The largest absolute Gasteiger partial charge is 0.497 e. The summed E-state index contributed by atoms with van der Waals surface area (Å²) in [5.41, 5.74) is 2.88. The number of methoxy groups -OCH3 is 2. The lowest BCUT2D eigenvalue weighted by atomic mass is 10.0. The quantitative estimate of drug-likeness (QED) is 0.603. The van der Waals surface area contributed by atoms with Gasteiger partial charge < -0.3 is 18.9 Å². The maximum absolute atomic E-state index is 12.7. The molecule has 0 N–H and O–H groups in total. The van der Waals surface area contributed by atoms with Crippen molar-refractivity contribution >= 4 is 11.6 Å². The summed E-state index contributed by atoms with van der Waals surface area (Å²) in [6, 6.07) is 13.6. The molecule has 0 bridgehead atoms. The van der Waals surface area contributed by atoms with E-state index in [0.29, 0.717) is 42.1 Å². The van der Waals surface area contributed by atoms with Crippen LogP contribution < -0.4 is 14.4 Å². The maximum atomic E-state index is 12.7. The molecule has 4 rings (SSSR count). The van der Waals surface area contributed by atoms with Crippen molar-refractivity contribution in [2.45, 2.75) is 32.1 Å². The summed E-state index contributed by atoms with van der Waals surface area (Å²) in [6.07, 6.45) is 0.313. The highest BCUT2D eigenvalue weighted by atomic mass is 16.5. The first-order valence-corrected chi connectivity index (χ1v) is 9.96. The first kappa shape index (κ1) is 19.9. The zero-order valence-corrected chi connectivity index (χ0v) is 17.6. The lowest BCUT2D eigenvalue weighted by Crippen LogP contribution is -2.24. The van der Waals surface area contributed by atoms with Crippen molar-refractivity contribution in [2.75, 3.05) is 25.7 Å². The molecule has 0 spiro atoms. The molecule has 1 unspecified atom stereocenters.